The fourth-order valence-electron chi connectivity index (χ4n) is 2.03. The first-order valence-electron chi connectivity index (χ1n) is 6.95. The Morgan fingerprint density at radius 1 is 1.53 bits per heavy atom. The molecule has 0 bridgehead atoms. The number of carbonyl (C=O) groups excluding carboxylic acids is 1. The molecule has 1 rings (SSSR count). The van der Waals surface area contributed by atoms with Crippen LogP contribution in [0.3, 0.4) is 0 Å². The molecule has 19 heavy (non-hydrogen) atoms. The Kier molecular flexibility index (Phi) is 7.02. The highest BCUT2D eigenvalue weighted by Gasteiger charge is 2.14. The van der Waals surface area contributed by atoms with E-state index in [0.29, 0.717) is 25.4 Å². The van der Waals surface area contributed by atoms with Gasteiger partial charge in [0.2, 0.25) is 5.91 Å². The molecule has 1 atom stereocenters. The molecular weight excluding hydrogens is 258 g/mol. The van der Waals surface area contributed by atoms with E-state index < -0.39 is 0 Å². The number of nitrogens with zero attached hydrogens (tertiary/aromatic N) is 1. The number of aryl methyl sites for hydroxylation is 1. The first-order chi connectivity index (χ1) is 9.05. The standard InChI is InChI=1S/C14H25N3OS/c1-4-12-8-17-14(19-12)9-16-13(18)6-11(7-15)5-10(2)3/h8,10-11H,4-7,9,15H2,1-3H3,(H,16,18)/t11-/m0/s1. The minimum atomic E-state index is 0.0735. The smallest absolute Gasteiger partial charge is 0.220 e. The third-order valence-electron chi connectivity index (χ3n) is 3.00. The molecule has 0 unspecified atom stereocenters. The van der Waals surface area contributed by atoms with Gasteiger partial charge in [0.05, 0.1) is 6.54 Å². The predicted molar refractivity (Wildman–Crippen MR) is 80.0 cm³/mol. The van der Waals surface area contributed by atoms with Crippen LogP contribution in [0.5, 0.6) is 0 Å². The van der Waals surface area contributed by atoms with Gasteiger partial charge < -0.3 is 11.1 Å². The molecule has 1 aromatic heterocycles. The molecule has 1 aromatic rings. The Labute approximate surface area is 119 Å². The Bertz CT molecular complexity index is 390. The fraction of sp³-hybridized carbons (Fsp3) is 0.714. The van der Waals surface area contributed by atoms with Gasteiger partial charge in [0.25, 0.3) is 0 Å². The summed E-state index contributed by atoms with van der Waals surface area (Å²) in [4.78, 5) is 17.4. The van der Waals surface area contributed by atoms with E-state index in [9.17, 15) is 4.79 Å². The summed E-state index contributed by atoms with van der Waals surface area (Å²) in [5, 5.41) is 3.90. The van der Waals surface area contributed by atoms with E-state index in [0.717, 1.165) is 17.8 Å². The molecule has 0 aliphatic rings. The summed E-state index contributed by atoms with van der Waals surface area (Å²) in [5.74, 6) is 0.930. The van der Waals surface area contributed by atoms with Crippen molar-refractivity contribution in [2.45, 2.75) is 46.6 Å². The van der Waals surface area contributed by atoms with Crippen molar-refractivity contribution in [3.63, 3.8) is 0 Å². The zero-order chi connectivity index (χ0) is 14.3. The Balaban J connectivity index is 2.34. The van der Waals surface area contributed by atoms with Gasteiger partial charge in [0.15, 0.2) is 0 Å². The fourth-order valence-corrected chi connectivity index (χ4v) is 2.83. The summed E-state index contributed by atoms with van der Waals surface area (Å²) in [6.07, 6.45) is 4.39. The van der Waals surface area contributed by atoms with Crippen molar-refractivity contribution in [1.82, 2.24) is 10.3 Å². The molecule has 0 aromatic carbocycles. The van der Waals surface area contributed by atoms with Gasteiger partial charge in [0.1, 0.15) is 5.01 Å². The molecule has 0 fully saturated rings. The first-order valence-corrected chi connectivity index (χ1v) is 7.77. The number of hydrogen-bond acceptors (Lipinski definition) is 4. The predicted octanol–water partition coefficient (Wildman–Crippen LogP) is 2.33. The third kappa shape index (κ3) is 6.16. The molecule has 3 N–H and O–H groups in total. The molecule has 4 nitrogen and oxygen atoms in total. The summed E-state index contributed by atoms with van der Waals surface area (Å²) in [7, 11) is 0. The highest BCUT2D eigenvalue weighted by atomic mass is 32.1. The average Bonchev–Trinajstić information content (AvgIpc) is 2.83. The van der Waals surface area contributed by atoms with E-state index >= 15 is 0 Å². The van der Waals surface area contributed by atoms with Gasteiger partial charge >= 0.3 is 0 Å². The number of hydrogen-bond donors (Lipinski definition) is 2. The topological polar surface area (TPSA) is 68.0 Å². The molecule has 1 heterocycles. The van der Waals surface area contributed by atoms with E-state index in [1.807, 2.05) is 6.20 Å². The highest BCUT2D eigenvalue weighted by molar-refractivity contribution is 7.11. The second-order valence-corrected chi connectivity index (χ2v) is 6.49. The Morgan fingerprint density at radius 2 is 2.26 bits per heavy atom. The lowest BCUT2D eigenvalue weighted by Gasteiger charge is -2.16. The number of amides is 1. The van der Waals surface area contributed by atoms with Gasteiger partial charge in [-0.2, -0.15) is 0 Å². The number of carbonyl (C=O) groups is 1. The second-order valence-electron chi connectivity index (χ2n) is 5.29. The maximum Gasteiger partial charge on any atom is 0.220 e. The molecule has 0 saturated heterocycles. The summed E-state index contributed by atoms with van der Waals surface area (Å²) in [6.45, 7) is 7.52. The second kappa shape index (κ2) is 8.27. The molecule has 0 spiro atoms. The lowest BCUT2D eigenvalue weighted by Crippen LogP contribution is -2.28. The van der Waals surface area contributed by atoms with E-state index in [2.05, 4.69) is 31.1 Å². The number of nitrogens with one attached hydrogen (secondary N) is 1. The summed E-state index contributed by atoms with van der Waals surface area (Å²) in [5.41, 5.74) is 5.71. The van der Waals surface area contributed by atoms with Gasteiger partial charge in [-0.3, -0.25) is 4.79 Å². The number of nitrogens with two attached hydrogens (primary N) is 1. The van der Waals surface area contributed by atoms with Crippen LogP contribution in [-0.4, -0.2) is 17.4 Å². The minimum absolute atomic E-state index is 0.0735. The zero-order valence-electron chi connectivity index (χ0n) is 12.1. The van der Waals surface area contributed by atoms with E-state index in [-0.39, 0.29) is 11.8 Å². The minimum Gasteiger partial charge on any atom is -0.350 e. The van der Waals surface area contributed by atoms with Crippen molar-refractivity contribution in [2.24, 2.45) is 17.6 Å². The largest absolute Gasteiger partial charge is 0.350 e. The summed E-state index contributed by atoms with van der Waals surface area (Å²) >= 11 is 1.66. The molecule has 0 saturated carbocycles. The molecule has 0 aliphatic heterocycles. The molecule has 0 aliphatic carbocycles. The molecule has 1 amide bonds. The van der Waals surface area contributed by atoms with E-state index in [1.54, 1.807) is 11.3 Å². The third-order valence-corrected chi connectivity index (χ3v) is 4.14. The lowest BCUT2D eigenvalue weighted by molar-refractivity contribution is -0.122. The maximum absolute atomic E-state index is 11.9. The summed E-state index contributed by atoms with van der Waals surface area (Å²) < 4.78 is 0. The van der Waals surface area contributed by atoms with Crippen LogP contribution in [0.4, 0.5) is 0 Å². The SMILES string of the molecule is CCc1cnc(CNC(=O)C[C@@H](CN)CC(C)C)s1. The van der Waals surface area contributed by atoms with Crippen molar-refractivity contribution in [1.29, 1.82) is 0 Å². The van der Waals surface area contributed by atoms with E-state index in [4.69, 9.17) is 5.73 Å². The first kappa shape index (κ1) is 16.1. The molecule has 5 heteroatoms. The molecule has 108 valence electrons. The summed E-state index contributed by atoms with van der Waals surface area (Å²) in [6, 6.07) is 0. The Hall–Kier alpha value is -0.940. The van der Waals surface area contributed by atoms with Gasteiger partial charge in [-0.05, 0) is 31.2 Å². The van der Waals surface area contributed by atoms with Crippen LogP contribution in [0.15, 0.2) is 6.20 Å². The van der Waals surface area contributed by atoms with Crippen LogP contribution in [0.25, 0.3) is 0 Å². The van der Waals surface area contributed by atoms with Crippen molar-refractivity contribution >= 4 is 17.2 Å². The van der Waals surface area contributed by atoms with Crippen LogP contribution in [0.1, 0.15) is 43.5 Å². The van der Waals surface area contributed by atoms with Crippen LogP contribution in [-0.2, 0) is 17.8 Å². The van der Waals surface area contributed by atoms with Crippen LogP contribution >= 0.6 is 11.3 Å². The van der Waals surface area contributed by atoms with Crippen LogP contribution in [0, 0.1) is 11.8 Å². The number of aromatic nitrogens is 1. The molecule has 0 radical (unpaired) electrons. The highest BCUT2D eigenvalue weighted by Crippen LogP contribution is 2.15. The lowest BCUT2D eigenvalue weighted by atomic mass is 9.94. The van der Waals surface area contributed by atoms with Crippen LogP contribution in [0.2, 0.25) is 0 Å². The van der Waals surface area contributed by atoms with Crippen LogP contribution < -0.4 is 11.1 Å². The Morgan fingerprint density at radius 3 is 2.79 bits per heavy atom. The normalized spacial score (nSPS) is 12.7. The monoisotopic (exact) mass is 283 g/mol. The van der Waals surface area contributed by atoms with E-state index in [1.165, 1.54) is 4.88 Å². The van der Waals surface area contributed by atoms with Gasteiger partial charge in [-0.15, -0.1) is 11.3 Å². The number of thiazole rings is 1. The van der Waals surface area contributed by atoms with Crippen molar-refractivity contribution < 1.29 is 4.79 Å². The average molecular weight is 283 g/mol. The maximum atomic E-state index is 11.9. The van der Waals surface area contributed by atoms with Gasteiger partial charge in [-0.1, -0.05) is 20.8 Å². The van der Waals surface area contributed by atoms with Gasteiger partial charge in [0, 0.05) is 17.5 Å². The number of rotatable bonds is 8. The van der Waals surface area contributed by atoms with Crippen molar-refractivity contribution in [3.05, 3.63) is 16.1 Å². The van der Waals surface area contributed by atoms with Crippen molar-refractivity contribution in [3.8, 4) is 0 Å². The zero-order valence-corrected chi connectivity index (χ0v) is 12.9. The van der Waals surface area contributed by atoms with Crippen molar-refractivity contribution in [2.75, 3.05) is 6.54 Å². The quantitative estimate of drug-likeness (QED) is 0.769. The molecular formula is C14H25N3OS. The van der Waals surface area contributed by atoms with Gasteiger partial charge in [-0.25, -0.2) is 4.98 Å².